The number of urea groups is 1. The van der Waals surface area contributed by atoms with Crippen LogP contribution in [0.2, 0.25) is 0 Å². The monoisotopic (exact) mass is 426 g/mol. The number of hydrogen-bond donors (Lipinski definition) is 1. The lowest BCUT2D eigenvalue weighted by Gasteiger charge is -2.40. The third-order valence-corrected chi connectivity index (χ3v) is 6.83. The molecule has 168 valence electrons. The Morgan fingerprint density at radius 1 is 0.839 bits per heavy atom. The van der Waals surface area contributed by atoms with Crippen LogP contribution in [0.25, 0.3) is 0 Å². The van der Waals surface area contributed by atoms with E-state index in [0.29, 0.717) is 39.1 Å². The number of rotatable bonds is 4. The second-order valence-electron chi connectivity index (χ2n) is 8.95. The van der Waals surface area contributed by atoms with E-state index in [9.17, 15) is 14.4 Å². The highest BCUT2D eigenvalue weighted by Gasteiger charge is 2.36. The number of nitrogens with zero attached hydrogens (tertiary/aromatic N) is 3. The summed E-state index contributed by atoms with van der Waals surface area (Å²) in [5, 5.41) is 3.17. The van der Waals surface area contributed by atoms with E-state index in [1.807, 2.05) is 40.1 Å². The molecule has 1 unspecified atom stereocenters. The Balaban J connectivity index is 1.39. The van der Waals surface area contributed by atoms with Gasteiger partial charge in [0.05, 0.1) is 0 Å². The van der Waals surface area contributed by atoms with Gasteiger partial charge in [-0.05, 0) is 31.2 Å². The van der Waals surface area contributed by atoms with Crippen molar-refractivity contribution in [3.63, 3.8) is 0 Å². The predicted molar refractivity (Wildman–Crippen MR) is 118 cm³/mol. The Hall–Kier alpha value is -2.57. The molecule has 1 N–H and O–H groups in total. The number of piperazine rings is 1. The van der Waals surface area contributed by atoms with Crippen molar-refractivity contribution in [1.82, 2.24) is 20.0 Å². The second kappa shape index (κ2) is 10.2. The van der Waals surface area contributed by atoms with Gasteiger partial charge in [-0.1, -0.05) is 49.6 Å². The first kappa shape index (κ1) is 21.7. The Morgan fingerprint density at radius 3 is 2.19 bits per heavy atom. The van der Waals surface area contributed by atoms with E-state index < -0.39 is 6.04 Å². The number of likely N-dealkylation sites (tertiary alicyclic amines) is 1. The van der Waals surface area contributed by atoms with Gasteiger partial charge in [-0.3, -0.25) is 9.59 Å². The van der Waals surface area contributed by atoms with Crippen LogP contribution in [0.3, 0.4) is 0 Å². The lowest BCUT2D eigenvalue weighted by atomic mass is 9.96. The predicted octanol–water partition coefficient (Wildman–Crippen LogP) is 2.93. The zero-order valence-corrected chi connectivity index (χ0v) is 18.3. The minimum Gasteiger partial charge on any atom is -0.337 e. The fraction of sp³-hybridized carbons (Fsp3) is 0.625. The molecule has 4 rings (SSSR count). The van der Waals surface area contributed by atoms with E-state index in [1.54, 1.807) is 4.90 Å². The largest absolute Gasteiger partial charge is 0.337 e. The SMILES string of the molecule is O=C(NC1CCCCC1)N1CCN(C(=O)C(c2ccccc2)N2CCCCC2=O)CC1. The first-order chi connectivity index (χ1) is 15.1. The number of hydrogen-bond acceptors (Lipinski definition) is 3. The summed E-state index contributed by atoms with van der Waals surface area (Å²) in [5.41, 5.74) is 0.861. The van der Waals surface area contributed by atoms with Crippen LogP contribution in [0.4, 0.5) is 4.79 Å². The van der Waals surface area contributed by atoms with Gasteiger partial charge >= 0.3 is 6.03 Å². The molecule has 1 saturated carbocycles. The van der Waals surface area contributed by atoms with Crippen molar-refractivity contribution in [3.05, 3.63) is 35.9 Å². The van der Waals surface area contributed by atoms with Crippen LogP contribution >= 0.6 is 0 Å². The summed E-state index contributed by atoms with van der Waals surface area (Å²) in [6.07, 6.45) is 8.07. The van der Waals surface area contributed by atoms with Crippen molar-refractivity contribution in [2.75, 3.05) is 32.7 Å². The number of nitrogens with one attached hydrogen (secondary N) is 1. The fourth-order valence-electron chi connectivity index (χ4n) is 5.01. The van der Waals surface area contributed by atoms with Crippen LogP contribution in [-0.2, 0) is 9.59 Å². The summed E-state index contributed by atoms with van der Waals surface area (Å²) in [5.74, 6) is 0.0211. The fourth-order valence-corrected chi connectivity index (χ4v) is 5.01. The molecule has 0 aromatic heterocycles. The Labute approximate surface area is 184 Å². The number of benzene rings is 1. The maximum absolute atomic E-state index is 13.5. The summed E-state index contributed by atoms with van der Waals surface area (Å²) in [6.45, 7) is 2.68. The van der Waals surface area contributed by atoms with Crippen LogP contribution < -0.4 is 5.32 Å². The molecule has 3 aliphatic rings. The van der Waals surface area contributed by atoms with Crippen LogP contribution in [0.5, 0.6) is 0 Å². The van der Waals surface area contributed by atoms with Gasteiger partial charge in [0, 0.05) is 45.2 Å². The van der Waals surface area contributed by atoms with Crippen LogP contribution in [0.1, 0.15) is 63.0 Å². The number of carbonyl (C=O) groups is 3. The Morgan fingerprint density at radius 2 is 1.52 bits per heavy atom. The summed E-state index contributed by atoms with van der Waals surface area (Å²) >= 11 is 0. The zero-order valence-electron chi connectivity index (χ0n) is 18.3. The van der Waals surface area contributed by atoms with Crippen molar-refractivity contribution in [2.45, 2.75) is 63.5 Å². The number of amides is 4. The minimum absolute atomic E-state index is 0.00943. The number of carbonyl (C=O) groups excluding carboxylic acids is 3. The van der Waals surface area contributed by atoms with Gasteiger partial charge in [-0.25, -0.2) is 4.79 Å². The smallest absolute Gasteiger partial charge is 0.317 e. The van der Waals surface area contributed by atoms with E-state index in [1.165, 1.54) is 19.3 Å². The van der Waals surface area contributed by atoms with E-state index in [0.717, 1.165) is 31.2 Å². The van der Waals surface area contributed by atoms with Gasteiger partial charge in [-0.2, -0.15) is 0 Å². The molecule has 31 heavy (non-hydrogen) atoms. The maximum atomic E-state index is 13.5. The Bertz CT molecular complexity index is 770. The maximum Gasteiger partial charge on any atom is 0.317 e. The van der Waals surface area contributed by atoms with Crippen molar-refractivity contribution in [2.24, 2.45) is 0 Å². The lowest BCUT2D eigenvalue weighted by molar-refractivity contribution is -0.148. The standard InChI is InChI=1S/C24H34N4O3/c29-21-13-7-8-14-28(21)22(19-9-3-1-4-10-19)23(30)26-15-17-27(18-16-26)24(31)25-20-11-5-2-6-12-20/h1,3-4,9-10,20,22H,2,5-8,11-18H2,(H,25,31). The lowest BCUT2D eigenvalue weighted by Crippen LogP contribution is -2.56. The van der Waals surface area contributed by atoms with Gasteiger partial charge in [0.2, 0.25) is 11.8 Å². The number of piperidine rings is 1. The minimum atomic E-state index is -0.573. The van der Waals surface area contributed by atoms with Crippen molar-refractivity contribution in [1.29, 1.82) is 0 Å². The van der Waals surface area contributed by atoms with Crippen LogP contribution in [-0.4, -0.2) is 71.3 Å². The van der Waals surface area contributed by atoms with Gasteiger partial charge in [0.25, 0.3) is 0 Å². The van der Waals surface area contributed by atoms with Crippen LogP contribution in [0, 0.1) is 0 Å². The highest BCUT2D eigenvalue weighted by Crippen LogP contribution is 2.28. The van der Waals surface area contributed by atoms with E-state index in [-0.39, 0.29) is 23.9 Å². The molecule has 2 saturated heterocycles. The molecule has 1 aromatic rings. The molecular weight excluding hydrogens is 392 g/mol. The first-order valence-corrected chi connectivity index (χ1v) is 11.8. The molecule has 7 nitrogen and oxygen atoms in total. The van der Waals surface area contributed by atoms with Gasteiger partial charge in [0.15, 0.2) is 0 Å². The highest BCUT2D eigenvalue weighted by atomic mass is 16.2. The van der Waals surface area contributed by atoms with Crippen molar-refractivity contribution in [3.8, 4) is 0 Å². The Kier molecular flexibility index (Phi) is 7.10. The molecule has 1 aromatic carbocycles. The van der Waals surface area contributed by atoms with Crippen LogP contribution in [0.15, 0.2) is 30.3 Å². The molecule has 7 heteroatoms. The van der Waals surface area contributed by atoms with E-state index in [2.05, 4.69) is 5.32 Å². The molecule has 0 spiro atoms. The van der Waals surface area contributed by atoms with E-state index in [4.69, 9.17) is 0 Å². The molecule has 0 radical (unpaired) electrons. The van der Waals surface area contributed by atoms with Crippen molar-refractivity contribution < 1.29 is 14.4 Å². The molecule has 2 aliphatic heterocycles. The van der Waals surface area contributed by atoms with Gasteiger partial charge in [-0.15, -0.1) is 0 Å². The summed E-state index contributed by atoms with van der Waals surface area (Å²) in [4.78, 5) is 44.2. The normalized spacial score (nSPS) is 21.7. The van der Waals surface area contributed by atoms with E-state index >= 15 is 0 Å². The molecule has 4 amide bonds. The highest BCUT2D eigenvalue weighted by molar-refractivity contribution is 5.89. The molecule has 1 aliphatic carbocycles. The average Bonchev–Trinajstić information content (AvgIpc) is 2.82. The molecule has 0 bridgehead atoms. The molecule has 2 heterocycles. The summed E-state index contributed by atoms with van der Waals surface area (Å²) in [6, 6.07) is 9.31. The molecular formula is C24H34N4O3. The second-order valence-corrected chi connectivity index (χ2v) is 8.95. The topological polar surface area (TPSA) is 73.0 Å². The molecule has 1 atom stereocenters. The zero-order chi connectivity index (χ0) is 21.6. The van der Waals surface area contributed by atoms with Gasteiger partial charge < -0.3 is 20.0 Å². The molecule has 3 fully saturated rings. The summed E-state index contributed by atoms with van der Waals surface area (Å²) < 4.78 is 0. The third-order valence-electron chi connectivity index (χ3n) is 6.83. The van der Waals surface area contributed by atoms with Gasteiger partial charge in [0.1, 0.15) is 6.04 Å². The summed E-state index contributed by atoms with van der Waals surface area (Å²) in [7, 11) is 0. The van der Waals surface area contributed by atoms with Crippen molar-refractivity contribution >= 4 is 17.8 Å². The average molecular weight is 427 g/mol. The third kappa shape index (κ3) is 5.20. The first-order valence-electron chi connectivity index (χ1n) is 11.8. The quantitative estimate of drug-likeness (QED) is 0.805.